The summed E-state index contributed by atoms with van der Waals surface area (Å²) in [6, 6.07) is 5.45. The van der Waals surface area contributed by atoms with E-state index in [-0.39, 0.29) is 0 Å². The van der Waals surface area contributed by atoms with Crippen molar-refractivity contribution < 1.29 is 15.3 Å². The zero-order chi connectivity index (χ0) is 11.0. The fraction of sp³-hybridized carbons (Fsp3) is 0.333. The minimum Gasteiger partial charge on any atom is -0.389 e. The first kappa shape index (κ1) is 10.4. The fourth-order valence-electron chi connectivity index (χ4n) is 1.93. The standard InChI is InChI=1S/C12H14O3/c1-7(13)9-4-2-3-8-5-6-10(14)12(15)11(8)9/h2-7,10,12-15H,1H3. The third kappa shape index (κ3) is 1.69. The van der Waals surface area contributed by atoms with Gasteiger partial charge in [-0.2, -0.15) is 0 Å². The van der Waals surface area contributed by atoms with Gasteiger partial charge < -0.3 is 15.3 Å². The number of benzene rings is 1. The van der Waals surface area contributed by atoms with Gasteiger partial charge in [0.15, 0.2) is 0 Å². The second-order valence-corrected chi connectivity index (χ2v) is 3.82. The molecule has 0 bridgehead atoms. The van der Waals surface area contributed by atoms with Crippen molar-refractivity contribution in [2.24, 2.45) is 0 Å². The van der Waals surface area contributed by atoms with Crippen LogP contribution in [0.15, 0.2) is 24.3 Å². The Morgan fingerprint density at radius 2 is 2.00 bits per heavy atom. The summed E-state index contributed by atoms with van der Waals surface area (Å²) in [6.07, 6.45) is 0.832. The maximum Gasteiger partial charge on any atom is 0.109 e. The van der Waals surface area contributed by atoms with Crippen LogP contribution in [0.4, 0.5) is 0 Å². The largest absolute Gasteiger partial charge is 0.389 e. The monoisotopic (exact) mass is 206 g/mol. The first-order valence-electron chi connectivity index (χ1n) is 4.96. The highest BCUT2D eigenvalue weighted by molar-refractivity contribution is 5.60. The van der Waals surface area contributed by atoms with Crippen LogP contribution in [0.3, 0.4) is 0 Å². The highest BCUT2D eigenvalue weighted by Gasteiger charge is 2.25. The van der Waals surface area contributed by atoms with E-state index in [1.54, 1.807) is 25.1 Å². The lowest BCUT2D eigenvalue weighted by atomic mass is 9.87. The molecule has 3 heteroatoms. The Balaban J connectivity index is 2.59. The molecule has 1 aliphatic carbocycles. The zero-order valence-electron chi connectivity index (χ0n) is 8.46. The first-order valence-corrected chi connectivity index (χ1v) is 4.96. The topological polar surface area (TPSA) is 60.7 Å². The molecule has 0 spiro atoms. The number of hydrogen-bond donors (Lipinski definition) is 3. The van der Waals surface area contributed by atoms with E-state index in [0.717, 1.165) is 5.56 Å². The normalized spacial score (nSPS) is 26.1. The van der Waals surface area contributed by atoms with Crippen molar-refractivity contribution in [3.8, 4) is 0 Å². The molecule has 2 rings (SSSR count). The number of rotatable bonds is 1. The van der Waals surface area contributed by atoms with Crippen LogP contribution in [-0.4, -0.2) is 21.4 Å². The molecular formula is C12H14O3. The average Bonchev–Trinajstić information content (AvgIpc) is 2.23. The molecule has 1 aliphatic rings. The molecule has 0 heterocycles. The van der Waals surface area contributed by atoms with E-state index >= 15 is 0 Å². The summed E-state index contributed by atoms with van der Waals surface area (Å²) in [7, 11) is 0. The molecule has 0 amide bonds. The quantitative estimate of drug-likeness (QED) is 0.646. The third-order valence-corrected chi connectivity index (χ3v) is 2.72. The highest BCUT2D eigenvalue weighted by Crippen LogP contribution is 2.33. The number of fused-ring (bicyclic) bond motifs is 1. The summed E-state index contributed by atoms with van der Waals surface area (Å²) in [5, 5.41) is 28.9. The maximum absolute atomic E-state index is 9.85. The number of aliphatic hydroxyl groups excluding tert-OH is 3. The van der Waals surface area contributed by atoms with Gasteiger partial charge in [-0.15, -0.1) is 0 Å². The number of aliphatic hydroxyl groups is 3. The van der Waals surface area contributed by atoms with E-state index in [1.807, 2.05) is 12.1 Å². The molecule has 1 aromatic carbocycles. The molecule has 3 atom stereocenters. The SMILES string of the molecule is CC(O)c1cccc2c1C(O)C(O)C=C2. The van der Waals surface area contributed by atoms with Crippen LogP contribution in [0.5, 0.6) is 0 Å². The minimum absolute atomic E-state index is 0.627. The molecule has 15 heavy (non-hydrogen) atoms. The van der Waals surface area contributed by atoms with E-state index in [2.05, 4.69) is 0 Å². The van der Waals surface area contributed by atoms with E-state index < -0.39 is 18.3 Å². The van der Waals surface area contributed by atoms with Crippen LogP contribution in [-0.2, 0) is 0 Å². The van der Waals surface area contributed by atoms with Crippen molar-refractivity contribution in [1.82, 2.24) is 0 Å². The molecule has 3 nitrogen and oxygen atoms in total. The van der Waals surface area contributed by atoms with Gasteiger partial charge in [0.2, 0.25) is 0 Å². The van der Waals surface area contributed by atoms with Crippen molar-refractivity contribution in [1.29, 1.82) is 0 Å². The van der Waals surface area contributed by atoms with E-state index in [1.165, 1.54) is 0 Å². The lowest BCUT2D eigenvalue weighted by Crippen LogP contribution is -2.21. The summed E-state index contributed by atoms with van der Waals surface area (Å²) in [6.45, 7) is 1.65. The fourth-order valence-corrected chi connectivity index (χ4v) is 1.93. The predicted molar refractivity (Wildman–Crippen MR) is 57.1 cm³/mol. The average molecular weight is 206 g/mol. The summed E-state index contributed by atoms with van der Waals surface area (Å²) >= 11 is 0. The highest BCUT2D eigenvalue weighted by atomic mass is 16.3. The Morgan fingerprint density at radius 3 is 2.67 bits per heavy atom. The second-order valence-electron chi connectivity index (χ2n) is 3.82. The van der Waals surface area contributed by atoms with Crippen molar-refractivity contribution in [2.45, 2.75) is 25.2 Å². The minimum atomic E-state index is -0.948. The van der Waals surface area contributed by atoms with Crippen molar-refractivity contribution in [3.05, 3.63) is 41.0 Å². The predicted octanol–water partition coefficient (Wildman–Crippen LogP) is 1.16. The van der Waals surface area contributed by atoms with Gasteiger partial charge in [-0.25, -0.2) is 0 Å². The van der Waals surface area contributed by atoms with Gasteiger partial charge in [0.25, 0.3) is 0 Å². The van der Waals surface area contributed by atoms with Crippen LogP contribution < -0.4 is 0 Å². The van der Waals surface area contributed by atoms with Crippen molar-refractivity contribution >= 4 is 6.08 Å². The van der Waals surface area contributed by atoms with Crippen LogP contribution in [0.2, 0.25) is 0 Å². The van der Waals surface area contributed by atoms with E-state index in [9.17, 15) is 15.3 Å². The van der Waals surface area contributed by atoms with Crippen LogP contribution in [0.1, 0.15) is 35.8 Å². The van der Waals surface area contributed by atoms with Gasteiger partial charge in [-0.3, -0.25) is 0 Å². The smallest absolute Gasteiger partial charge is 0.109 e. The van der Waals surface area contributed by atoms with E-state index in [4.69, 9.17) is 0 Å². The molecule has 0 radical (unpaired) electrons. The zero-order valence-corrected chi connectivity index (χ0v) is 8.46. The number of hydrogen-bond acceptors (Lipinski definition) is 3. The Morgan fingerprint density at radius 1 is 1.27 bits per heavy atom. The molecule has 0 fully saturated rings. The molecule has 3 unspecified atom stereocenters. The van der Waals surface area contributed by atoms with Crippen molar-refractivity contribution in [3.63, 3.8) is 0 Å². The van der Waals surface area contributed by atoms with Gasteiger partial charge in [0.05, 0.1) is 6.10 Å². The molecule has 0 saturated carbocycles. The Kier molecular flexibility index (Phi) is 2.61. The van der Waals surface area contributed by atoms with Crippen LogP contribution in [0.25, 0.3) is 6.08 Å². The lowest BCUT2D eigenvalue weighted by Gasteiger charge is -2.25. The summed E-state index contributed by atoms with van der Waals surface area (Å²) in [5.41, 5.74) is 2.15. The lowest BCUT2D eigenvalue weighted by molar-refractivity contribution is 0.0446. The first-order chi connectivity index (χ1) is 7.11. The molecule has 0 saturated heterocycles. The van der Waals surface area contributed by atoms with Gasteiger partial charge >= 0.3 is 0 Å². The van der Waals surface area contributed by atoms with Gasteiger partial charge in [0, 0.05) is 0 Å². The molecule has 0 aliphatic heterocycles. The Hall–Kier alpha value is -1.16. The van der Waals surface area contributed by atoms with E-state index in [0.29, 0.717) is 11.1 Å². The van der Waals surface area contributed by atoms with Crippen LogP contribution >= 0.6 is 0 Å². The molecule has 3 N–H and O–H groups in total. The third-order valence-electron chi connectivity index (χ3n) is 2.72. The summed E-state index contributed by atoms with van der Waals surface area (Å²) in [4.78, 5) is 0. The summed E-state index contributed by atoms with van der Waals surface area (Å²) in [5.74, 6) is 0. The molecule has 1 aromatic rings. The van der Waals surface area contributed by atoms with Gasteiger partial charge in [0.1, 0.15) is 12.2 Å². The Bertz CT molecular complexity index is 396. The van der Waals surface area contributed by atoms with Gasteiger partial charge in [-0.1, -0.05) is 30.4 Å². The van der Waals surface area contributed by atoms with Crippen LogP contribution in [0, 0.1) is 0 Å². The molecule has 80 valence electrons. The Labute approximate surface area is 88.3 Å². The molecule has 0 aromatic heterocycles. The van der Waals surface area contributed by atoms with Crippen molar-refractivity contribution in [2.75, 3.05) is 0 Å². The molecular weight excluding hydrogens is 192 g/mol. The van der Waals surface area contributed by atoms with Gasteiger partial charge in [-0.05, 0) is 23.6 Å². The maximum atomic E-state index is 9.85. The second kappa shape index (κ2) is 3.77. The summed E-state index contributed by atoms with van der Waals surface area (Å²) < 4.78 is 0.